The summed E-state index contributed by atoms with van der Waals surface area (Å²) in [6.45, 7) is 6.67. The van der Waals surface area contributed by atoms with E-state index >= 15 is 0 Å². The van der Waals surface area contributed by atoms with Crippen LogP contribution in [0.15, 0.2) is 180 Å². The number of oxime groups is 1. The zero-order chi connectivity index (χ0) is 52.3. The molecule has 4 aliphatic heterocycles. The van der Waals surface area contributed by atoms with Gasteiger partial charge in [0.25, 0.3) is 0 Å². The summed E-state index contributed by atoms with van der Waals surface area (Å²) in [4.78, 5) is 87.8. The molecule has 6 aromatic rings. The van der Waals surface area contributed by atoms with Gasteiger partial charge in [-0.15, -0.1) is 11.8 Å². The summed E-state index contributed by atoms with van der Waals surface area (Å²) in [7, 11) is 0. The highest BCUT2D eigenvalue weighted by molar-refractivity contribution is 8.00. The smallest absolute Gasteiger partial charge is 0.410 e. The van der Waals surface area contributed by atoms with Crippen LogP contribution in [-0.4, -0.2) is 102 Å². The summed E-state index contributed by atoms with van der Waals surface area (Å²) in [5, 5.41) is 4.07. The van der Waals surface area contributed by atoms with Crippen LogP contribution >= 0.6 is 23.3 Å². The van der Waals surface area contributed by atoms with E-state index < -0.39 is 52.4 Å². The Hall–Kier alpha value is -7.89. The van der Waals surface area contributed by atoms with Crippen LogP contribution < -0.4 is 5.73 Å². The first-order chi connectivity index (χ1) is 36.3. The van der Waals surface area contributed by atoms with Gasteiger partial charge in [-0.05, 0) is 56.4 Å². The van der Waals surface area contributed by atoms with E-state index in [1.807, 2.05) is 172 Å². The summed E-state index contributed by atoms with van der Waals surface area (Å²) in [6.07, 6.45) is 1.12. The fourth-order valence-corrected chi connectivity index (χ4v) is 11.9. The third-order valence-electron chi connectivity index (χ3n) is 13.6. The minimum absolute atomic E-state index is 0.00422. The second kappa shape index (κ2) is 21.5. The molecule has 0 saturated carbocycles. The average Bonchev–Trinajstić information content (AvgIpc) is 4.23. The third-order valence-corrected chi connectivity index (χ3v) is 15.5. The zero-order valence-corrected chi connectivity index (χ0v) is 43.2. The van der Waals surface area contributed by atoms with Crippen LogP contribution in [0.4, 0.5) is 9.93 Å². The van der Waals surface area contributed by atoms with Crippen molar-refractivity contribution >= 4 is 63.8 Å². The van der Waals surface area contributed by atoms with Crippen molar-refractivity contribution in [3.8, 4) is 0 Å². The number of carbonyl (C=O) groups excluding carboxylic acids is 5. The number of likely N-dealkylation sites (tertiary alicyclic amines) is 2. The van der Waals surface area contributed by atoms with Crippen molar-refractivity contribution in [2.75, 3.05) is 31.1 Å². The summed E-state index contributed by atoms with van der Waals surface area (Å²) >= 11 is 2.28. The predicted octanol–water partition coefficient (Wildman–Crippen LogP) is 9.08. The van der Waals surface area contributed by atoms with Gasteiger partial charge >= 0.3 is 12.1 Å². The highest BCUT2D eigenvalue weighted by Crippen LogP contribution is 2.47. The molecule has 5 aromatic carbocycles. The highest BCUT2D eigenvalue weighted by atomic mass is 32.2. The van der Waals surface area contributed by atoms with Crippen LogP contribution in [0.25, 0.3) is 0 Å². The van der Waals surface area contributed by atoms with Crippen molar-refractivity contribution in [1.29, 1.82) is 0 Å². The largest absolute Gasteiger partial charge is 0.448 e. The minimum atomic E-state index is -1.35. The monoisotopic (exact) mass is 1040 g/mol. The molecule has 1 aromatic heterocycles. The van der Waals surface area contributed by atoms with Gasteiger partial charge in [0.05, 0.1) is 17.3 Å². The first-order valence-electron chi connectivity index (χ1n) is 24.8. The Bertz CT molecular complexity index is 3050. The number of nitrogens with two attached hydrogens (primary N) is 1. The number of hydrogen-bond acceptors (Lipinski definition) is 14. The van der Waals surface area contributed by atoms with E-state index in [-0.39, 0.29) is 46.5 Å². The number of allylic oxidation sites excluding steroid dienone is 1. The number of ether oxygens (including phenoxy) is 2. The SMILES string of the molecule is CC(C)(C)OC(=O)N1CC[C@@H](N2CC/C(=C\C3=C(C(=O)OC(c4ccccc4)c4ccccc4)N4C(=O)C(CC(=O)/C(=N/OC(c5ccccc5)(c5ccccc5)c5ccccc5)c5nsc(N)n5)[C@H]4SC3)C2=O)C1. The number of amides is 3. The number of aromatic nitrogens is 2. The number of nitrogens with zero attached hydrogens (tertiary/aromatic N) is 6. The molecule has 5 heterocycles. The van der Waals surface area contributed by atoms with Crippen molar-refractivity contribution in [3.63, 3.8) is 0 Å². The molecule has 0 radical (unpaired) electrons. The Balaban J connectivity index is 0.969. The summed E-state index contributed by atoms with van der Waals surface area (Å²) in [6, 6.07) is 47.1. The summed E-state index contributed by atoms with van der Waals surface area (Å²) in [5.74, 6) is -2.75. The Morgan fingerprint density at radius 3 is 1.89 bits per heavy atom. The van der Waals surface area contributed by atoms with Crippen molar-refractivity contribution in [3.05, 3.63) is 208 Å². The Morgan fingerprint density at radius 2 is 1.36 bits per heavy atom. The maximum atomic E-state index is 15.0. The van der Waals surface area contributed by atoms with E-state index in [0.717, 1.165) is 39.3 Å². The lowest BCUT2D eigenvalue weighted by Gasteiger charge is -2.49. The van der Waals surface area contributed by atoms with Crippen LogP contribution in [-0.2, 0) is 39.1 Å². The molecule has 382 valence electrons. The first kappa shape index (κ1) is 50.6. The number of nitrogen functional groups attached to an aromatic ring is 1. The van der Waals surface area contributed by atoms with Crippen LogP contribution in [0.1, 0.15) is 79.8 Å². The summed E-state index contributed by atoms with van der Waals surface area (Å²) in [5.41, 5.74) is 8.45. The molecule has 15 nitrogen and oxygen atoms in total. The lowest BCUT2D eigenvalue weighted by atomic mass is 9.80. The Kier molecular flexibility index (Phi) is 14.5. The van der Waals surface area contributed by atoms with Crippen LogP contribution in [0, 0.1) is 5.92 Å². The van der Waals surface area contributed by atoms with Crippen LogP contribution in [0.3, 0.4) is 0 Å². The van der Waals surface area contributed by atoms with Crippen molar-refractivity contribution in [2.24, 2.45) is 11.1 Å². The standard InChI is InChI=1S/C58H55N7O8S2/c1-57(2,3)72-56(70)63-31-30-44(35-63)64-32-29-39(51(64)67)33-40-36-74-53-45(52(68)65(53)48(40)54(69)71-49(37-19-9-4-10-20-37)38-21-11-5-12-22-38)34-46(66)47(50-60-55(59)75-62-50)61-73-58(41-23-13-6-14-24-41,42-25-15-7-16-26-42)43-27-17-8-18-28-43/h4-28,33,44-45,49,53H,29-32,34-36H2,1-3H3,(H2,59,60,62)/b39-33+,61-47-/t44-,45?,53-/m1/s1. The van der Waals surface area contributed by atoms with Gasteiger partial charge < -0.3 is 29.8 Å². The Morgan fingerprint density at radius 1 is 0.800 bits per heavy atom. The van der Waals surface area contributed by atoms with Gasteiger partial charge in [-0.25, -0.2) is 9.59 Å². The molecule has 0 aliphatic carbocycles. The number of carbonyl (C=O) groups is 5. The number of β-lactam (4-membered cyclic amide) rings is 1. The summed E-state index contributed by atoms with van der Waals surface area (Å²) < 4.78 is 16.4. The number of fused-ring (bicyclic) bond motifs is 1. The topological polar surface area (TPSA) is 187 Å². The maximum absolute atomic E-state index is 15.0. The fourth-order valence-electron chi connectivity index (χ4n) is 10.1. The molecule has 3 fully saturated rings. The molecule has 3 amide bonds. The molecular weight excluding hydrogens is 987 g/mol. The Labute approximate surface area is 443 Å². The third kappa shape index (κ3) is 10.5. The minimum Gasteiger partial charge on any atom is -0.448 e. The second-order valence-electron chi connectivity index (χ2n) is 19.7. The number of rotatable bonds is 15. The molecule has 4 aliphatic rings. The number of benzene rings is 5. The van der Waals surface area contributed by atoms with E-state index in [9.17, 15) is 24.0 Å². The predicted molar refractivity (Wildman–Crippen MR) is 286 cm³/mol. The average molecular weight is 1040 g/mol. The number of anilines is 1. The molecule has 3 atom stereocenters. The lowest BCUT2D eigenvalue weighted by Crippen LogP contribution is -2.62. The lowest BCUT2D eigenvalue weighted by molar-refractivity contribution is -0.157. The van der Waals surface area contributed by atoms with Gasteiger partial charge in [-0.1, -0.05) is 157 Å². The van der Waals surface area contributed by atoms with Crippen LogP contribution in [0.2, 0.25) is 0 Å². The number of Topliss-reactive ketones (excluding diaryl/α,β-unsaturated/α-hetero) is 1. The van der Waals surface area contributed by atoms with Crippen LogP contribution in [0.5, 0.6) is 0 Å². The molecule has 1 unspecified atom stereocenters. The maximum Gasteiger partial charge on any atom is 0.410 e. The molecule has 75 heavy (non-hydrogen) atoms. The molecular formula is C58H55N7O8S2. The number of thioether (sulfide) groups is 1. The van der Waals surface area contributed by atoms with Gasteiger partial charge in [-0.3, -0.25) is 19.3 Å². The molecule has 2 N–H and O–H groups in total. The molecule has 0 spiro atoms. The first-order valence-corrected chi connectivity index (χ1v) is 26.6. The van der Waals surface area contributed by atoms with Gasteiger partial charge in [0, 0.05) is 65.6 Å². The van der Waals surface area contributed by atoms with Crippen molar-refractivity contribution in [2.45, 2.75) is 68.8 Å². The quantitative estimate of drug-likeness (QED) is 0.0257. The number of hydrogen-bond donors (Lipinski definition) is 1. The normalized spacial score (nSPS) is 19.6. The van der Waals surface area contributed by atoms with E-state index in [2.05, 4.69) is 14.5 Å². The number of ketones is 1. The van der Waals surface area contributed by atoms with E-state index in [1.165, 1.54) is 16.7 Å². The van der Waals surface area contributed by atoms with Gasteiger partial charge in [-0.2, -0.15) is 9.36 Å². The number of esters is 1. The van der Waals surface area contributed by atoms with Crippen molar-refractivity contribution < 1.29 is 38.3 Å². The van der Waals surface area contributed by atoms with E-state index in [1.54, 1.807) is 15.9 Å². The van der Waals surface area contributed by atoms with E-state index in [0.29, 0.717) is 43.6 Å². The van der Waals surface area contributed by atoms with Gasteiger partial charge in [0.1, 0.15) is 11.3 Å². The molecule has 10 rings (SSSR count). The molecule has 0 bridgehead atoms. The van der Waals surface area contributed by atoms with Gasteiger partial charge in [0.15, 0.2) is 22.7 Å². The zero-order valence-electron chi connectivity index (χ0n) is 41.6. The molecule has 17 heteroatoms. The van der Waals surface area contributed by atoms with Gasteiger partial charge in [0.2, 0.25) is 23.2 Å². The second-order valence-corrected chi connectivity index (χ2v) is 21.6. The fraction of sp³-hybridized carbons (Fsp3) is 0.276. The van der Waals surface area contributed by atoms with E-state index in [4.69, 9.17) is 20.0 Å². The van der Waals surface area contributed by atoms with Crippen molar-refractivity contribution in [1.82, 2.24) is 24.1 Å². The highest BCUT2D eigenvalue weighted by Gasteiger charge is 2.55. The molecule has 3 saturated heterocycles.